The molecule has 0 aromatic heterocycles. The summed E-state index contributed by atoms with van der Waals surface area (Å²) in [6.07, 6.45) is 1.28. The molecule has 3 rings (SSSR count). The molecule has 3 amide bonds. The van der Waals surface area contributed by atoms with Crippen LogP contribution in [0.2, 0.25) is 0 Å². The number of ether oxygens (including phenoxy) is 1. The van der Waals surface area contributed by atoms with Gasteiger partial charge in [-0.1, -0.05) is 18.2 Å². The fourth-order valence-corrected chi connectivity index (χ4v) is 3.54. The molecule has 1 aromatic rings. The van der Waals surface area contributed by atoms with Crippen molar-refractivity contribution in [2.75, 3.05) is 18.5 Å². The van der Waals surface area contributed by atoms with E-state index in [9.17, 15) is 9.59 Å². The number of benzene rings is 1. The van der Waals surface area contributed by atoms with Crippen LogP contribution in [0.15, 0.2) is 30.3 Å². The fraction of sp³-hybridized carbons (Fsp3) is 0.556. The minimum absolute atomic E-state index is 0.0367. The van der Waals surface area contributed by atoms with E-state index in [0.717, 1.165) is 5.69 Å². The van der Waals surface area contributed by atoms with Gasteiger partial charge in [-0.15, -0.1) is 0 Å². The molecule has 6 heteroatoms. The summed E-state index contributed by atoms with van der Waals surface area (Å²) in [7, 11) is 0. The third kappa shape index (κ3) is 3.70. The fourth-order valence-electron chi connectivity index (χ4n) is 3.54. The summed E-state index contributed by atoms with van der Waals surface area (Å²) in [4.78, 5) is 26.7. The third-order valence-corrected chi connectivity index (χ3v) is 4.62. The molecule has 6 nitrogen and oxygen atoms in total. The largest absolute Gasteiger partial charge is 0.374 e. The molecule has 2 N–H and O–H groups in total. The van der Waals surface area contributed by atoms with Crippen molar-refractivity contribution < 1.29 is 14.3 Å². The predicted octanol–water partition coefficient (Wildman–Crippen LogP) is 2.22. The normalized spacial score (nSPS) is 26.1. The number of para-hydroxylation sites is 1. The standard InChI is InChI=1S/C18H25N3O3/c1-12(2)19-17(22)13-10-15-16(11-13)24-9-8-21(15)18(23)20-14-6-4-3-5-7-14/h3-7,12-13,15-16H,8-11H2,1-2H3,(H,19,22)(H,20,23)/t13-,15+,16+/m0/s1. The quantitative estimate of drug-likeness (QED) is 0.892. The van der Waals surface area contributed by atoms with Crippen LogP contribution in [0.3, 0.4) is 0 Å². The van der Waals surface area contributed by atoms with E-state index in [0.29, 0.717) is 26.0 Å². The van der Waals surface area contributed by atoms with E-state index in [1.807, 2.05) is 49.1 Å². The number of urea groups is 1. The molecule has 2 aliphatic rings. The topological polar surface area (TPSA) is 70.7 Å². The van der Waals surface area contributed by atoms with Crippen molar-refractivity contribution in [1.29, 1.82) is 0 Å². The molecule has 0 spiro atoms. The first-order valence-electron chi connectivity index (χ1n) is 8.59. The molecule has 0 unspecified atom stereocenters. The van der Waals surface area contributed by atoms with Gasteiger partial charge in [0.2, 0.25) is 5.91 Å². The zero-order chi connectivity index (χ0) is 17.1. The second kappa shape index (κ2) is 7.21. The summed E-state index contributed by atoms with van der Waals surface area (Å²) in [6, 6.07) is 9.38. The van der Waals surface area contributed by atoms with E-state index >= 15 is 0 Å². The Morgan fingerprint density at radius 3 is 2.67 bits per heavy atom. The lowest BCUT2D eigenvalue weighted by Crippen LogP contribution is -2.52. The number of hydrogen-bond donors (Lipinski definition) is 2. The molecular formula is C18H25N3O3. The number of morpholine rings is 1. The lowest BCUT2D eigenvalue weighted by atomic mass is 10.1. The number of fused-ring (bicyclic) bond motifs is 1. The van der Waals surface area contributed by atoms with Crippen molar-refractivity contribution in [3.05, 3.63) is 30.3 Å². The first kappa shape index (κ1) is 16.8. The zero-order valence-corrected chi connectivity index (χ0v) is 14.2. The summed E-state index contributed by atoms with van der Waals surface area (Å²) in [5, 5.41) is 5.90. The number of amides is 3. The van der Waals surface area contributed by atoms with Gasteiger partial charge in [-0.25, -0.2) is 4.79 Å². The monoisotopic (exact) mass is 331 g/mol. The molecule has 3 atom stereocenters. The Bertz CT molecular complexity index is 590. The van der Waals surface area contributed by atoms with Gasteiger partial charge in [-0.05, 0) is 38.8 Å². The smallest absolute Gasteiger partial charge is 0.322 e. The van der Waals surface area contributed by atoms with Crippen LogP contribution in [0.25, 0.3) is 0 Å². The van der Waals surface area contributed by atoms with Gasteiger partial charge in [-0.3, -0.25) is 4.79 Å². The average Bonchev–Trinajstić information content (AvgIpc) is 2.99. The highest BCUT2D eigenvalue weighted by Crippen LogP contribution is 2.34. The minimum Gasteiger partial charge on any atom is -0.374 e. The maximum absolute atomic E-state index is 12.6. The van der Waals surface area contributed by atoms with E-state index in [4.69, 9.17) is 4.74 Å². The van der Waals surface area contributed by atoms with Gasteiger partial charge in [0.1, 0.15) is 0 Å². The van der Waals surface area contributed by atoms with Crippen LogP contribution in [0.5, 0.6) is 0 Å². The summed E-state index contributed by atoms with van der Waals surface area (Å²) in [5.41, 5.74) is 0.776. The Labute approximate surface area is 142 Å². The number of hydrogen-bond acceptors (Lipinski definition) is 3. The lowest BCUT2D eigenvalue weighted by Gasteiger charge is -2.37. The number of carbonyl (C=O) groups excluding carboxylic acids is 2. The van der Waals surface area contributed by atoms with Crippen molar-refractivity contribution >= 4 is 17.6 Å². The minimum atomic E-state index is -0.121. The van der Waals surface area contributed by atoms with Crippen molar-refractivity contribution in [3.63, 3.8) is 0 Å². The van der Waals surface area contributed by atoms with E-state index in [1.54, 1.807) is 0 Å². The summed E-state index contributed by atoms with van der Waals surface area (Å²) in [5.74, 6) is -0.0288. The molecule has 2 fully saturated rings. The molecule has 1 saturated carbocycles. The second-order valence-corrected chi connectivity index (χ2v) is 6.80. The molecular weight excluding hydrogens is 306 g/mol. The highest BCUT2D eigenvalue weighted by molar-refractivity contribution is 5.89. The Hall–Kier alpha value is -2.08. The van der Waals surface area contributed by atoms with Crippen molar-refractivity contribution in [1.82, 2.24) is 10.2 Å². The third-order valence-electron chi connectivity index (χ3n) is 4.62. The Morgan fingerprint density at radius 1 is 1.21 bits per heavy atom. The summed E-state index contributed by atoms with van der Waals surface area (Å²) in [6.45, 7) is 4.98. The van der Waals surface area contributed by atoms with Crippen molar-refractivity contribution in [2.24, 2.45) is 5.92 Å². The van der Waals surface area contributed by atoms with Gasteiger partial charge in [-0.2, -0.15) is 0 Å². The summed E-state index contributed by atoms with van der Waals surface area (Å²) >= 11 is 0. The highest BCUT2D eigenvalue weighted by Gasteiger charge is 2.45. The molecule has 24 heavy (non-hydrogen) atoms. The van der Waals surface area contributed by atoms with Crippen LogP contribution >= 0.6 is 0 Å². The number of carbonyl (C=O) groups is 2. The van der Waals surface area contributed by atoms with Crippen molar-refractivity contribution in [3.8, 4) is 0 Å². The van der Waals surface area contributed by atoms with E-state index in [2.05, 4.69) is 10.6 Å². The number of nitrogens with zero attached hydrogens (tertiary/aromatic N) is 1. The Balaban J connectivity index is 1.65. The van der Waals surface area contributed by atoms with Crippen LogP contribution in [0, 0.1) is 5.92 Å². The van der Waals surface area contributed by atoms with E-state index in [1.165, 1.54) is 0 Å². The second-order valence-electron chi connectivity index (χ2n) is 6.80. The molecule has 1 aliphatic carbocycles. The molecule has 0 radical (unpaired) electrons. The van der Waals surface area contributed by atoms with Crippen LogP contribution < -0.4 is 10.6 Å². The van der Waals surface area contributed by atoms with Gasteiger partial charge in [0, 0.05) is 24.2 Å². The average molecular weight is 331 g/mol. The zero-order valence-electron chi connectivity index (χ0n) is 14.2. The highest BCUT2D eigenvalue weighted by atomic mass is 16.5. The number of rotatable bonds is 3. The Kier molecular flexibility index (Phi) is 5.04. The van der Waals surface area contributed by atoms with Crippen LogP contribution in [-0.4, -0.2) is 48.2 Å². The molecule has 1 aliphatic heterocycles. The first-order chi connectivity index (χ1) is 11.5. The maximum Gasteiger partial charge on any atom is 0.322 e. The van der Waals surface area contributed by atoms with Crippen LogP contribution in [0.1, 0.15) is 26.7 Å². The maximum atomic E-state index is 12.6. The molecule has 1 heterocycles. The Morgan fingerprint density at radius 2 is 1.96 bits per heavy atom. The van der Waals surface area contributed by atoms with Crippen LogP contribution in [0.4, 0.5) is 10.5 Å². The first-order valence-corrected chi connectivity index (χ1v) is 8.59. The number of anilines is 1. The van der Waals surface area contributed by atoms with Gasteiger partial charge >= 0.3 is 6.03 Å². The van der Waals surface area contributed by atoms with Gasteiger partial charge in [0.05, 0.1) is 18.8 Å². The van der Waals surface area contributed by atoms with Gasteiger partial charge < -0.3 is 20.3 Å². The van der Waals surface area contributed by atoms with Gasteiger partial charge in [0.25, 0.3) is 0 Å². The van der Waals surface area contributed by atoms with E-state index in [-0.39, 0.29) is 36.0 Å². The van der Waals surface area contributed by atoms with Crippen LogP contribution in [-0.2, 0) is 9.53 Å². The predicted molar refractivity (Wildman–Crippen MR) is 91.7 cm³/mol. The molecule has 1 saturated heterocycles. The van der Waals surface area contributed by atoms with Gasteiger partial charge in [0.15, 0.2) is 0 Å². The lowest BCUT2D eigenvalue weighted by molar-refractivity contribution is -0.125. The SMILES string of the molecule is CC(C)NC(=O)[C@H]1C[C@@H]2[C@@H](C1)OCCN2C(=O)Nc1ccccc1. The molecule has 130 valence electrons. The summed E-state index contributed by atoms with van der Waals surface area (Å²) < 4.78 is 5.82. The molecule has 1 aromatic carbocycles. The van der Waals surface area contributed by atoms with Crippen molar-refractivity contribution in [2.45, 2.75) is 44.9 Å². The molecule has 0 bridgehead atoms. The van der Waals surface area contributed by atoms with E-state index < -0.39 is 0 Å². The number of nitrogens with one attached hydrogen (secondary N) is 2.